The zero-order valence-electron chi connectivity index (χ0n) is 21.2. The van der Waals surface area contributed by atoms with Gasteiger partial charge in [-0.3, -0.25) is 9.36 Å². The van der Waals surface area contributed by atoms with Crippen LogP contribution < -0.4 is 0 Å². The van der Waals surface area contributed by atoms with E-state index >= 15 is 0 Å². The van der Waals surface area contributed by atoms with Crippen molar-refractivity contribution in [3.05, 3.63) is 46.3 Å². The standard InChI is InChI=1S/C27H33N5OS2/c1-6-20-9-7-8-11-31(20)24(33)16-35-27-29-28-26(22-15-23-21(30(22)5)10-12-34-23)32(27)25-18(3)13-17(2)14-19(25)4/h10,12-15,20H,6-9,11,16H2,1-5H3/t20-/m0/s1. The van der Waals surface area contributed by atoms with Gasteiger partial charge in [-0.05, 0) is 75.1 Å². The summed E-state index contributed by atoms with van der Waals surface area (Å²) in [6, 6.07) is 9.11. The third kappa shape index (κ3) is 4.42. The molecule has 5 rings (SSSR count). The van der Waals surface area contributed by atoms with Crippen LogP contribution in [-0.4, -0.2) is 48.5 Å². The number of nitrogens with zero attached hydrogens (tertiary/aromatic N) is 5. The molecule has 8 heteroatoms. The van der Waals surface area contributed by atoms with Crippen LogP contribution in [0.25, 0.3) is 27.4 Å². The molecular weight excluding hydrogens is 474 g/mol. The molecule has 0 aliphatic carbocycles. The van der Waals surface area contributed by atoms with Crippen LogP contribution in [0.2, 0.25) is 0 Å². The number of hydrogen-bond donors (Lipinski definition) is 0. The van der Waals surface area contributed by atoms with Gasteiger partial charge in [-0.2, -0.15) is 0 Å². The van der Waals surface area contributed by atoms with Gasteiger partial charge >= 0.3 is 0 Å². The van der Waals surface area contributed by atoms with Gasteiger partial charge in [-0.15, -0.1) is 21.5 Å². The lowest BCUT2D eigenvalue weighted by molar-refractivity contribution is -0.132. The molecule has 3 aromatic heterocycles. The molecule has 1 aromatic carbocycles. The number of likely N-dealkylation sites (tertiary alicyclic amines) is 1. The van der Waals surface area contributed by atoms with Crippen molar-refractivity contribution in [2.45, 2.75) is 64.6 Å². The van der Waals surface area contributed by atoms with E-state index in [-0.39, 0.29) is 5.91 Å². The van der Waals surface area contributed by atoms with Crippen molar-refractivity contribution in [1.29, 1.82) is 0 Å². The summed E-state index contributed by atoms with van der Waals surface area (Å²) in [4.78, 5) is 15.3. The Morgan fingerprint density at radius 2 is 1.91 bits per heavy atom. The van der Waals surface area contributed by atoms with Gasteiger partial charge in [0, 0.05) is 19.6 Å². The van der Waals surface area contributed by atoms with Crippen LogP contribution in [0.15, 0.2) is 34.8 Å². The smallest absolute Gasteiger partial charge is 0.233 e. The lowest BCUT2D eigenvalue weighted by Gasteiger charge is -2.35. The number of piperidine rings is 1. The number of carbonyl (C=O) groups excluding carboxylic acids is 1. The maximum absolute atomic E-state index is 13.2. The Hall–Kier alpha value is -2.58. The molecule has 1 saturated heterocycles. The van der Waals surface area contributed by atoms with Crippen molar-refractivity contribution >= 4 is 39.2 Å². The summed E-state index contributed by atoms with van der Waals surface area (Å²) in [5, 5.41) is 12.2. The zero-order chi connectivity index (χ0) is 24.7. The van der Waals surface area contributed by atoms with Crippen LogP contribution >= 0.6 is 23.1 Å². The Balaban J connectivity index is 1.55. The molecule has 184 valence electrons. The zero-order valence-corrected chi connectivity index (χ0v) is 22.8. The lowest BCUT2D eigenvalue weighted by Crippen LogP contribution is -2.44. The predicted octanol–water partition coefficient (Wildman–Crippen LogP) is 6.30. The highest BCUT2D eigenvalue weighted by atomic mass is 32.2. The summed E-state index contributed by atoms with van der Waals surface area (Å²) in [5.74, 6) is 1.39. The molecule has 0 saturated carbocycles. The minimum absolute atomic E-state index is 0.203. The quantitative estimate of drug-likeness (QED) is 0.288. The molecule has 4 aromatic rings. The van der Waals surface area contributed by atoms with E-state index in [0.717, 1.165) is 48.2 Å². The Morgan fingerprint density at radius 1 is 1.14 bits per heavy atom. The number of amides is 1. The summed E-state index contributed by atoms with van der Waals surface area (Å²) >= 11 is 3.23. The minimum atomic E-state index is 0.203. The summed E-state index contributed by atoms with van der Waals surface area (Å²) in [7, 11) is 2.08. The fourth-order valence-corrected chi connectivity index (χ4v) is 7.16. The normalized spacial score (nSPS) is 16.4. The average molecular weight is 508 g/mol. The maximum Gasteiger partial charge on any atom is 0.233 e. The average Bonchev–Trinajstić information content (AvgIpc) is 3.53. The Labute approximate surface area is 215 Å². The monoisotopic (exact) mass is 507 g/mol. The molecule has 35 heavy (non-hydrogen) atoms. The van der Waals surface area contributed by atoms with Crippen LogP contribution in [-0.2, 0) is 11.8 Å². The van der Waals surface area contributed by atoms with Crippen molar-refractivity contribution in [2.24, 2.45) is 7.05 Å². The highest BCUT2D eigenvalue weighted by Gasteiger charge is 2.27. The van der Waals surface area contributed by atoms with Crippen LogP contribution in [0.5, 0.6) is 0 Å². The van der Waals surface area contributed by atoms with Crippen LogP contribution in [0.1, 0.15) is 49.3 Å². The second-order valence-electron chi connectivity index (χ2n) is 9.58. The van der Waals surface area contributed by atoms with Gasteiger partial charge < -0.3 is 9.47 Å². The summed E-state index contributed by atoms with van der Waals surface area (Å²) < 4.78 is 5.58. The number of rotatable bonds is 6. The highest BCUT2D eigenvalue weighted by Crippen LogP contribution is 2.35. The molecule has 1 atom stereocenters. The Kier molecular flexibility index (Phi) is 6.77. The summed E-state index contributed by atoms with van der Waals surface area (Å²) in [6.45, 7) is 9.45. The number of carbonyl (C=O) groups is 1. The van der Waals surface area contributed by atoms with E-state index in [9.17, 15) is 4.79 Å². The molecule has 0 unspecified atom stereocenters. The van der Waals surface area contributed by atoms with Gasteiger partial charge in [-0.25, -0.2) is 0 Å². The molecule has 1 fully saturated rings. The predicted molar refractivity (Wildman–Crippen MR) is 146 cm³/mol. The van der Waals surface area contributed by atoms with E-state index in [2.05, 4.69) is 88.6 Å². The minimum Gasteiger partial charge on any atom is -0.340 e. The van der Waals surface area contributed by atoms with Gasteiger partial charge in [0.1, 0.15) is 0 Å². The third-order valence-electron chi connectivity index (χ3n) is 7.13. The molecule has 0 radical (unpaired) electrons. The number of benzene rings is 1. The van der Waals surface area contributed by atoms with E-state index in [1.807, 2.05) is 0 Å². The molecule has 0 bridgehead atoms. The molecular formula is C27H33N5OS2. The summed E-state index contributed by atoms with van der Waals surface area (Å²) in [6.07, 6.45) is 4.44. The topological polar surface area (TPSA) is 56.0 Å². The first-order valence-electron chi connectivity index (χ1n) is 12.4. The lowest BCUT2D eigenvalue weighted by atomic mass is 10.0. The fraction of sp³-hybridized carbons (Fsp3) is 0.444. The Morgan fingerprint density at radius 3 is 2.63 bits per heavy atom. The number of aromatic nitrogens is 4. The molecule has 0 spiro atoms. The first-order valence-corrected chi connectivity index (χ1v) is 14.2. The molecule has 1 amide bonds. The van der Waals surface area contributed by atoms with Gasteiger partial charge in [0.2, 0.25) is 5.91 Å². The summed E-state index contributed by atoms with van der Waals surface area (Å²) in [5.41, 5.74) is 6.90. The van der Waals surface area contributed by atoms with E-state index in [4.69, 9.17) is 0 Å². The molecule has 0 N–H and O–H groups in total. The third-order valence-corrected chi connectivity index (χ3v) is 8.90. The number of thioether (sulfide) groups is 1. The second kappa shape index (κ2) is 9.82. The van der Waals surface area contributed by atoms with E-state index in [0.29, 0.717) is 11.8 Å². The first-order chi connectivity index (χ1) is 16.9. The van der Waals surface area contributed by atoms with Gasteiger partial charge in [0.25, 0.3) is 0 Å². The molecule has 1 aliphatic heterocycles. The van der Waals surface area contributed by atoms with E-state index in [1.165, 1.54) is 45.1 Å². The van der Waals surface area contributed by atoms with Crippen molar-refractivity contribution in [1.82, 2.24) is 24.2 Å². The number of aryl methyl sites for hydroxylation is 4. The largest absolute Gasteiger partial charge is 0.340 e. The molecule has 1 aliphatic rings. The van der Waals surface area contributed by atoms with Crippen molar-refractivity contribution in [3.63, 3.8) is 0 Å². The van der Waals surface area contributed by atoms with Crippen LogP contribution in [0.3, 0.4) is 0 Å². The van der Waals surface area contributed by atoms with Crippen LogP contribution in [0.4, 0.5) is 0 Å². The first kappa shape index (κ1) is 24.1. The van der Waals surface area contributed by atoms with Gasteiger partial charge in [0.15, 0.2) is 11.0 Å². The fourth-order valence-electron chi connectivity index (χ4n) is 5.48. The maximum atomic E-state index is 13.2. The molecule has 4 heterocycles. The Bertz CT molecular complexity index is 1360. The highest BCUT2D eigenvalue weighted by molar-refractivity contribution is 7.99. The van der Waals surface area contributed by atoms with Crippen molar-refractivity contribution in [2.75, 3.05) is 12.3 Å². The number of hydrogen-bond acceptors (Lipinski definition) is 5. The van der Waals surface area contributed by atoms with Gasteiger partial charge in [-0.1, -0.05) is 36.4 Å². The van der Waals surface area contributed by atoms with E-state index in [1.54, 1.807) is 11.3 Å². The van der Waals surface area contributed by atoms with Crippen molar-refractivity contribution in [3.8, 4) is 17.2 Å². The number of thiophene rings is 1. The van der Waals surface area contributed by atoms with E-state index < -0.39 is 0 Å². The second-order valence-corrected chi connectivity index (χ2v) is 11.5. The molecule has 6 nitrogen and oxygen atoms in total. The van der Waals surface area contributed by atoms with Gasteiger partial charge in [0.05, 0.1) is 27.4 Å². The number of fused-ring (bicyclic) bond motifs is 1. The van der Waals surface area contributed by atoms with Crippen molar-refractivity contribution < 1.29 is 4.79 Å². The van der Waals surface area contributed by atoms with Crippen LogP contribution in [0, 0.1) is 20.8 Å². The SMILES string of the molecule is CC[C@H]1CCCCN1C(=O)CSc1nnc(-c2cc3sccc3n2C)n1-c1c(C)cc(C)cc1C.